The number of aromatic nitrogens is 1. The minimum atomic E-state index is 0.354. The molecule has 1 aromatic carbocycles. The number of guanidine groups is 1. The van der Waals surface area contributed by atoms with Crippen LogP contribution in [-0.2, 0) is 13.1 Å². The molecule has 27 heavy (non-hydrogen) atoms. The van der Waals surface area contributed by atoms with Gasteiger partial charge in [0.15, 0.2) is 11.7 Å². The molecule has 0 radical (unpaired) electrons. The molecule has 0 atom stereocenters. The third-order valence-corrected chi connectivity index (χ3v) is 3.99. The maximum atomic E-state index is 5.78. The Balaban J connectivity index is 1.81. The van der Waals surface area contributed by atoms with E-state index in [1.54, 1.807) is 7.05 Å². The molecule has 2 rings (SSSR count). The smallest absolute Gasteiger partial charge is 0.191 e. The molecular formula is C20H31N5O2. The van der Waals surface area contributed by atoms with Crippen molar-refractivity contribution in [2.24, 2.45) is 4.99 Å². The number of rotatable bonds is 9. The molecule has 0 aliphatic rings. The van der Waals surface area contributed by atoms with Crippen molar-refractivity contribution in [1.29, 1.82) is 0 Å². The average Bonchev–Trinajstić information content (AvgIpc) is 3.11. The second-order valence-corrected chi connectivity index (χ2v) is 6.95. The van der Waals surface area contributed by atoms with Crippen molar-refractivity contribution in [3.8, 4) is 5.75 Å². The summed E-state index contributed by atoms with van der Waals surface area (Å²) in [6, 6.07) is 10.0. The van der Waals surface area contributed by atoms with Crippen LogP contribution in [0.1, 0.15) is 36.8 Å². The summed E-state index contributed by atoms with van der Waals surface area (Å²) in [4.78, 5) is 6.34. The lowest BCUT2D eigenvalue weighted by Gasteiger charge is -2.13. The highest BCUT2D eigenvalue weighted by Gasteiger charge is 2.08. The van der Waals surface area contributed by atoms with E-state index in [9.17, 15) is 0 Å². The lowest BCUT2D eigenvalue weighted by molar-refractivity contribution is 0.261. The second kappa shape index (κ2) is 10.6. The molecule has 1 heterocycles. The van der Waals surface area contributed by atoms with Gasteiger partial charge in [-0.15, -0.1) is 0 Å². The molecule has 0 unspecified atom stereocenters. The zero-order chi connectivity index (χ0) is 19.6. The van der Waals surface area contributed by atoms with Crippen molar-refractivity contribution < 1.29 is 9.26 Å². The zero-order valence-electron chi connectivity index (χ0n) is 17.0. The van der Waals surface area contributed by atoms with Crippen LogP contribution in [0.3, 0.4) is 0 Å². The highest BCUT2D eigenvalue weighted by atomic mass is 16.5. The summed E-state index contributed by atoms with van der Waals surface area (Å²) < 4.78 is 11.1. The lowest BCUT2D eigenvalue weighted by Crippen LogP contribution is -2.36. The predicted molar refractivity (Wildman–Crippen MR) is 108 cm³/mol. The van der Waals surface area contributed by atoms with Crippen LogP contribution >= 0.6 is 0 Å². The quantitative estimate of drug-likeness (QED) is 0.520. The molecule has 0 aliphatic heterocycles. The molecule has 0 fully saturated rings. The summed E-state index contributed by atoms with van der Waals surface area (Å²) in [7, 11) is 5.81. The van der Waals surface area contributed by atoms with Crippen LogP contribution in [-0.4, -0.2) is 50.3 Å². The van der Waals surface area contributed by atoms with Gasteiger partial charge in [0.25, 0.3) is 0 Å². The monoisotopic (exact) mass is 373 g/mol. The first-order chi connectivity index (χ1) is 13.0. The van der Waals surface area contributed by atoms with Crippen LogP contribution in [0, 0.1) is 0 Å². The predicted octanol–water partition coefficient (Wildman–Crippen LogP) is 2.60. The molecule has 0 bridgehead atoms. The largest absolute Gasteiger partial charge is 0.492 e. The summed E-state index contributed by atoms with van der Waals surface area (Å²) in [6.07, 6.45) is 0. The second-order valence-electron chi connectivity index (χ2n) is 6.95. The molecule has 0 saturated heterocycles. The molecular weight excluding hydrogens is 342 g/mol. The van der Waals surface area contributed by atoms with Gasteiger partial charge in [0.05, 0.1) is 12.2 Å². The van der Waals surface area contributed by atoms with Gasteiger partial charge in [0.1, 0.15) is 12.4 Å². The fourth-order valence-electron chi connectivity index (χ4n) is 2.35. The van der Waals surface area contributed by atoms with Crippen LogP contribution in [0.2, 0.25) is 0 Å². The first-order valence-corrected chi connectivity index (χ1v) is 9.24. The number of nitrogens with zero attached hydrogens (tertiary/aromatic N) is 3. The molecule has 7 nitrogen and oxygen atoms in total. The van der Waals surface area contributed by atoms with Crippen molar-refractivity contribution in [2.45, 2.75) is 32.9 Å². The number of hydrogen-bond donors (Lipinski definition) is 2. The van der Waals surface area contributed by atoms with Gasteiger partial charge in [0.2, 0.25) is 0 Å². The molecule has 0 aliphatic carbocycles. The summed E-state index contributed by atoms with van der Waals surface area (Å²) in [5.41, 5.74) is 2.09. The van der Waals surface area contributed by atoms with Gasteiger partial charge in [-0.25, -0.2) is 0 Å². The highest BCUT2D eigenvalue weighted by molar-refractivity contribution is 5.79. The van der Waals surface area contributed by atoms with E-state index in [0.29, 0.717) is 31.6 Å². The summed E-state index contributed by atoms with van der Waals surface area (Å²) in [5, 5.41) is 10.6. The Morgan fingerprint density at radius 3 is 2.67 bits per heavy atom. The number of hydrogen-bond acceptors (Lipinski definition) is 5. The Kier molecular flexibility index (Phi) is 8.13. The maximum absolute atomic E-state index is 5.78. The van der Waals surface area contributed by atoms with Crippen molar-refractivity contribution in [1.82, 2.24) is 20.7 Å². The van der Waals surface area contributed by atoms with Crippen molar-refractivity contribution >= 4 is 5.96 Å². The Hall–Kier alpha value is -2.54. The fraction of sp³-hybridized carbons (Fsp3) is 0.500. The number of ether oxygens (including phenoxy) is 1. The van der Waals surface area contributed by atoms with E-state index in [1.807, 2.05) is 38.4 Å². The van der Waals surface area contributed by atoms with E-state index in [1.165, 1.54) is 0 Å². The summed E-state index contributed by atoms with van der Waals surface area (Å²) in [6.45, 7) is 6.93. The third-order valence-electron chi connectivity index (χ3n) is 3.99. The van der Waals surface area contributed by atoms with E-state index in [2.05, 4.69) is 45.6 Å². The van der Waals surface area contributed by atoms with Gasteiger partial charge in [-0.1, -0.05) is 31.1 Å². The van der Waals surface area contributed by atoms with E-state index in [0.717, 1.165) is 29.3 Å². The number of benzene rings is 1. The SMILES string of the molecule is CN=C(NCc1cccc(OCCN(C)C)c1)NCc1cc(C(C)C)no1. The standard InChI is InChI=1S/C20H31N5O2/c1-15(2)19-12-18(27-24-19)14-23-20(21-3)22-13-16-7-6-8-17(11-16)26-10-9-25(4)5/h6-8,11-12,15H,9-10,13-14H2,1-5H3,(H2,21,22,23). The fourth-order valence-corrected chi connectivity index (χ4v) is 2.35. The molecule has 0 amide bonds. The molecule has 2 aromatic rings. The minimum Gasteiger partial charge on any atom is -0.492 e. The van der Waals surface area contributed by atoms with Crippen LogP contribution < -0.4 is 15.4 Å². The molecule has 0 saturated carbocycles. The van der Waals surface area contributed by atoms with Gasteiger partial charge in [-0.3, -0.25) is 4.99 Å². The van der Waals surface area contributed by atoms with Crippen LogP contribution in [0.4, 0.5) is 0 Å². The topological polar surface area (TPSA) is 74.9 Å². The molecule has 1 aromatic heterocycles. The Morgan fingerprint density at radius 1 is 1.22 bits per heavy atom. The molecule has 0 spiro atoms. The van der Waals surface area contributed by atoms with Crippen LogP contribution in [0.5, 0.6) is 5.75 Å². The zero-order valence-corrected chi connectivity index (χ0v) is 17.0. The summed E-state index contributed by atoms with van der Waals surface area (Å²) >= 11 is 0. The van der Waals surface area contributed by atoms with E-state index < -0.39 is 0 Å². The average molecular weight is 374 g/mol. The van der Waals surface area contributed by atoms with E-state index in [-0.39, 0.29) is 0 Å². The van der Waals surface area contributed by atoms with Crippen LogP contribution in [0.25, 0.3) is 0 Å². The Morgan fingerprint density at radius 2 is 2.00 bits per heavy atom. The minimum absolute atomic E-state index is 0.354. The molecule has 7 heteroatoms. The Bertz CT molecular complexity index is 725. The number of likely N-dealkylation sites (N-methyl/N-ethyl adjacent to an activating group) is 1. The van der Waals surface area contributed by atoms with Crippen molar-refractivity contribution in [3.05, 3.63) is 47.3 Å². The third kappa shape index (κ3) is 7.30. The molecule has 2 N–H and O–H groups in total. The first-order valence-electron chi connectivity index (χ1n) is 9.24. The van der Waals surface area contributed by atoms with Gasteiger partial charge < -0.3 is 24.8 Å². The number of nitrogens with one attached hydrogen (secondary N) is 2. The van der Waals surface area contributed by atoms with E-state index >= 15 is 0 Å². The van der Waals surface area contributed by atoms with E-state index in [4.69, 9.17) is 9.26 Å². The van der Waals surface area contributed by atoms with Gasteiger partial charge in [-0.2, -0.15) is 0 Å². The van der Waals surface area contributed by atoms with Crippen molar-refractivity contribution in [3.63, 3.8) is 0 Å². The van der Waals surface area contributed by atoms with Gasteiger partial charge >= 0.3 is 0 Å². The van der Waals surface area contributed by atoms with Gasteiger partial charge in [-0.05, 0) is 37.7 Å². The first kappa shape index (κ1) is 20.8. The van der Waals surface area contributed by atoms with Gasteiger partial charge in [0, 0.05) is 26.2 Å². The maximum Gasteiger partial charge on any atom is 0.191 e. The molecule has 148 valence electrons. The highest BCUT2D eigenvalue weighted by Crippen LogP contribution is 2.14. The summed E-state index contributed by atoms with van der Waals surface area (Å²) in [5.74, 6) is 2.73. The van der Waals surface area contributed by atoms with Crippen molar-refractivity contribution in [2.75, 3.05) is 34.3 Å². The normalized spacial score (nSPS) is 11.9. The van der Waals surface area contributed by atoms with Crippen LogP contribution in [0.15, 0.2) is 39.8 Å². The number of aliphatic imine (C=N–C) groups is 1. The lowest BCUT2D eigenvalue weighted by atomic mass is 10.1. The Labute approximate surface area is 161 Å².